The molecular formula is C23H29N5. The van der Waals surface area contributed by atoms with E-state index in [0.717, 1.165) is 54.7 Å². The van der Waals surface area contributed by atoms with E-state index in [9.17, 15) is 0 Å². The van der Waals surface area contributed by atoms with Gasteiger partial charge in [-0.25, -0.2) is 0 Å². The SMILES string of the molecule is CCCC(=N)c1ccc(CN2CCCC(Nc3ccc4[nH]ncc4c3)C2)cc1. The van der Waals surface area contributed by atoms with Gasteiger partial charge in [-0.05, 0) is 55.1 Å². The molecule has 1 fully saturated rings. The van der Waals surface area contributed by atoms with Crippen molar-refractivity contribution in [2.75, 3.05) is 18.4 Å². The van der Waals surface area contributed by atoms with Crippen LogP contribution in [0.3, 0.4) is 0 Å². The first-order chi connectivity index (χ1) is 13.7. The third kappa shape index (κ3) is 4.42. The zero-order chi connectivity index (χ0) is 19.3. The predicted octanol–water partition coefficient (Wildman–Crippen LogP) is 4.81. The van der Waals surface area contributed by atoms with Gasteiger partial charge in [0.25, 0.3) is 0 Å². The van der Waals surface area contributed by atoms with Crippen LogP contribution < -0.4 is 5.32 Å². The van der Waals surface area contributed by atoms with Gasteiger partial charge in [-0.15, -0.1) is 0 Å². The van der Waals surface area contributed by atoms with Crippen LogP contribution in [-0.4, -0.2) is 39.9 Å². The Morgan fingerprint density at radius 1 is 1.25 bits per heavy atom. The predicted molar refractivity (Wildman–Crippen MR) is 116 cm³/mol. The quantitative estimate of drug-likeness (QED) is 0.519. The Balaban J connectivity index is 1.35. The maximum absolute atomic E-state index is 8.10. The van der Waals surface area contributed by atoms with Gasteiger partial charge in [0, 0.05) is 35.9 Å². The second-order valence-corrected chi connectivity index (χ2v) is 7.82. The van der Waals surface area contributed by atoms with Gasteiger partial charge in [-0.1, -0.05) is 37.6 Å². The summed E-state index contributed by atoms with van der Waals surface area (Å²) in [4.78, 5) is 2.53. The minimum absolute atomic E-state index is 0.468. The topological polar surface area (TPSA) is 67.8 Å². The van der Waals surface area contributed by atoms with Crippen molar-refractivity contribution in [3.63, 3.8) is 0 Å². The number of hydrogen-bond acceptors (Lipinski definition) is 4. The number of piperidine rings is 1. The van der Waals surface area contributed by atoms with Crippen LogP contribution in [0.2, 0.25) is 0 Å². The Kier molecular flexibility index (Phi) is 5.72. The number of hydrogen-bond donors (Lipinski definition) is 3. The summed E-state index contributed by atoms with van der Waals surface area (Å²) in [5.41, 5.74) is 5.36. The molecule has 3 N–H and O–H groups in total. The summed E-state index contributed by atoms with van der Waals surface area (Å²) >= 11 is 0. The summed E-state index contributed by atoms with van der Waals surface area (Å²) in [6.45, 7) is 5.29. The number of H-pyrrole nitrogens is 1. The molecule has 0 radical (unpaired) electrons. The molecule has 0 aliphatic carbocycles. The first-order valence-corrected chi connectivity index (χ1v) is 10.3. The number of benzene rings is 2. The Labute approximate surface area is 166 Å². The Bertz CT molecular complexity index is 928. The molecule has 0 bridgehead atoms. The second-order valence-electron chi connectivity index (χ2n) is 7.82. The molecule has 28 heavy (non-hydrogen) atoms. The highest BCUT2D eigenvalue weighted by Crippen LogP contribution is 2.21. The Morgan fingerprint density at radius 3 is 2.93 bits per heavy atom. The van der Waals surface area contributed by atoms with Gasteiger partial charge in [0.2, 0.25) is 0 Å². The fourth-order valence-electron chi connectivity index (χ4n) is 4.05. The zero-order valence-electron chi connectivity index (χ0n) is 16.5. The number of aromatic nitrogens is 2. The molecule has 4 rings (SSSR count). The minimum Gasteiger partial charge on any atom is -0.381 e. The number of nitrogens with one attached hydrogen (secondary N) is 3. The number of aromatic amines is 1. The molecule has 5 nitrogen and oxygen atoms in total. The van der Waals surface area contributed by atoms with Crippen molar-refractivity contribution in [3.8, 4) is 0 Å². The van der Waals surface area contributed by atoms with Crippen LogP contribution in [0, 0.1) is 5.41 Å². The molecule has 2 aromatic carbocycles. The highest BCUT2D eigenvalue weighted by molar-refractivity contribution is 5.98. The zero-order valence-corrected chi connectivity index (χ0v) is 16.5. The maximum atomic E-state index is 8.10. The third-order valence-electron chi connectivity index (χ3n) is 5.53. The fourth-order valence-corrected chi connectivity index (χ4v) is 4.05. The average Bonchev–Trinajstić information content (AvgIpc) is 3.17. The number of fused-ring (bicyclic) bond motifs is 1. The van der Waals surface area contributed by atoms with Crippen molar-refractivity contribution >= 4 is 22.3 Å². The first kappa shape index (κ1) is 18.7. The van der Waals surface area contributed by atoms with E-state index in [2.05, 4.69) is 69.8 Å². The van der Waals surface area contributed by atoms with Gasteiger partial charge in [0.05, 0.1) is 11.7 Å². The summed E-state index contributed by atoms with van der Waals surface area (Å²) in [6, 6.07) is 15.4. The van der Waals surface area contributed by atoms with Crippen molar-refractivity contribution in [2.24, 2.45) is 0 Å². The molecule has 1 unspecified atom stereocenters. The van der Waals surface area contributed by atoms with E-state index < -0.39 is 0 Å². The molecule has 1 aliphatic heterocycles. The highest BCUT2D eigenvalue weighted by atomic mass is 15.2. The Hall–Kier alpha value is -2.66. The Morgan fingerprint density at radius 2 is 2.11 bits per heavy atom. The van der Waals surface area contributed by atoms with Gasteiger partial charge < -0.3 is 10.7 Å². The van der Waals surface area contributed by atoms with E-state index in [0.29, 0.717) is 6.04 Å². The largest absolute Gasteiger partial charge is 0.381 e. The lowest BCUT2D eigenvalue weighted by Gasteiger charge is -2.33. The van der Waals surface area contributed by atoms with E-state index >= 15 is 0 Å². The molecule has 1 saturated heterocycles. The third-order valence-corrected chi connectivity index (χ3v) is 5.53. The van der Waals surface area contributed by atoms with Crippen LogP contribution in [0.15, 0.2) is 48.7 Å². The van der Waals surface area contributed by atoms with Crippen molar-refractivity contribution < 1.29 is 0 Å². The summed E-state index contributed by atoms with van der Waals surface area (Å²) in [7, 11) is 0. The van der Waals surface area contributed by atoms with Gasteiger partial charge in [-0.2, -0.15) is 5.10 Å². The molecule has 5 heteroatoms. The second kappa shape index (κ2) is 8.57. The summed E-state index contributed by atoms with van der Waals surface area (Å²) in [5, 5.41) is 20.1. The number of anilines is 1. The molecule has 0 saturated carbocycles. The van der Waals surface area contributed by atoms with E-state index in [-0.39, 0.29) is 0 Å². The monoisotopic (exact) mass is 375 g/mol. The van der Waals surface area contributed by atoms with E-state index in [4.69, 9.17) is 5.41 Å². The molecule has 3 aromatic rings. The maximum Gasteiger partial charge on any atom is 0.0651 e. The smallest absolute Gasteiger partial charge is 0.0651 e. The van der Waals surface area contributed by atoms with Crippen molar-refractivity contribution in [2.45, 2.75) is 45.2 Å². The van der Waals surface area contributed by atoms with Crippen LogP contribution in [0.25, 0.3) is 10.9 Å². The molecule has 1 aromatic heterocycles. The van der Waals surface area contributed by atoms with Crippen LogP contribution >= 0.6 is 0 Å². The van der Waals surface area contributed by atoms with Crippen molar-refractivity contribution in [1.82, 2.24) is 15.1 Å². The number of rotatable bonds is 7. The van der Waals surface area contributed by atoms with Gasteiger partial charge >= 0.3 is 0 Å². The lowest BCUT2D eigenvalue weighted by atomic mass is 10.0. The first-order valence-electron chi connectivity index (χ1n) is 10.3. The lowest BCUT2D eigenvalue weighted by Crippen LogP contribution is -2.41. The normalized spacial score (nSPS) is 17.7. The number of likely N-dealkylation sites (tertiary alicyclic amines) is 1. The van der Waals surface area contributed by atoms with Gasteiger partial charge in [0.1, 0.15) is 0 Å². The molecule has 0 spiro atoms. The standard InChI is InChI=1S/C23H29N5/c1-2-4-22(24)18-8-6-17(7-9-18)15-28-12-3-5-21(16-28)26-20-10-11-23-19(13-20)14-25-27-23/h6-11,13-14,21,24,26H,2-5,12,15-16H2,1H3,(H,25,27). The lowest BCUT2D eigenvalue weighted by molar-refractivity contribution is 0.208. The molecule has 2 heterocycles. The fraction of sp³-hybridized carbons (Fsp3) is 0.391. The van der Waals surface area contributed by atoms with E-state index in [1.807, 2.05) is 6.20 Å². The van der Waals surface area contributed by atoms with E-state index in [1.54, 1.807) is 0 Å². The van der Waals surface area contributed by atoms with Crippen LogP contribution in [0.4, 0.5) is 5.69 Å². The van der Waals surface area contributed by atoms with Crippen LogP contribution in [0.5, 0.6) is 0 Å². The van der Waals surface area contributed by atoms with Crippen LogP contribution in [-0.2, 0) is 6.54 Å². The molecule has 146 valence electrons. The summed E-state index contributed by atoms with van der Waals surface area (Å²) in [5.74, 6) is 0. The minimum atomic E-state index is 0.468. The highest BCUT2D eigenvalue weighted by Gasteiger charge is 2.20. The van der Waals surface area contributed by atoms with Crippen LogP contribution in [0.1, 0.15) is 43.7 Å². The van der Waals surface area contributed by atoms with Gasteiger partial charge in [-0.3, -0.25) is 10.00 Å². The van der Waals surface area contributed by atoms with Gasteiger partial charge in [0.15, 0.2) is 0 Å². The van der Waals surface area contributed by atoms with Crippen molar-refractivity contribution in [3.05, 3.63) is 59.8 Å². The average molecular weight is 376 g/mol. The van der Waals surface area contributed by atoms with Crippen molar-refractivity contribution in [1.29, 1.82) is 5.41 Å². The molecular weight excluding hydrogens is 346 g/mol. The summed E-state index contributed by atoms with van der Waals surface area (Å²) in [6.07, 6.45) is 6.16. The molecule has 1 aliphatic rings. The molecule has 0 amide bonds. The van der Waals surface area contributed by atoms with E-state index in [1.165, 1.54) is 24.1 Å². The number of nitrogens with zero attached hydrogens (tertiary/aromatic N) is 2. The summed E-state index contributed by atoms with van der Waals surface area (Å²) < 4.78 is 0. The molecule has 1 atom stereocenters.